The van der Waals surface area contributed by atoms with Gasteiger partial charge in [-0.05, 0) is 48.5 Å². The molecule has 1 aliphatic rings. The monoisotopic (exact) mass is 512 g/mol. The van der Waals surface area contributed by atoms with Crippen LogP contribution in [-0.4, -0.2) is 56.9 Å². The maximum Gasteiger partial charge on any atom is 0.334 e. The van der Waals surface area contributed by atoms with Crippen LogP contribution in [-0.2, 0) is 29.2 Å². The van der Waals surface area contributed by atoms with Crippen molar-refractivity contribution in [2.75, 3.05) is 25.5 Å². The molecule has 36 heavy (non-hydrogen) atoms. The van der Waals surface area contributed by atoms with Gasteiger partial charge in [-0.3, -0.25) is 9.59 Å². The third-order valence-corrected chi connectivity index (χ3v) is 6.88. The van der Waals surface area contributed by atoms with E-state index in [9.17, 15) is 22.8 Å². The van der Waals surface area contributed by atoms with E-state index in [0.29, 0.717) is 22.3 Å². The molecule has 2 amide bonds. The van der Waals surface area contributed by atoms with Crippen LogP contribution in [0.15, 0.2) is 64.0 Å². The lowest BCUT2D eigenvalue weighted by Crippen LogP contribution is -2.33. The number of anilines is 1. The van der Waals surface area contributed by atoms with Gasteiger partial charge in [0.25, 0.3) is 11.8 Å². The fourth-order valence-corrected chi connectivity index (χ4v) is 4.45. The number of rotatable bonds is 9. The molecular weight excluding hydrogens is 488 g/mol. The maximum absolute atomic E-state index is 12.6. The molecule has 0 bridgehead atoms. The van der Waals surface area contributed by atoms with Crippen molar-refractivity contribution in [3.8, 4) is 22.8 Å². The number of carbonyl (C=O) groups excluding carboxylic acids is 3. The van der Waals surface area contributed by atoms with Crippen molar-refractivity contribution in [2.24, 2.45) is 0 Å². The van der Waals surface area contributed by atoms with Gasteiger partial charge >= 0.3 is 5.97 Å². The van der Waals surface area contributed by atoms with Crippen LogP contribution in [0.5, 0.6) is 0 Å². The first-order chi connectivity index (χ1) is 17.1. The summed E-state index contributed by atoms with van der Waals surface area (Å²) in [6.45, 7) is -0.269. The van der Waals surface area contributed by atoms with Gasteiger partial charge in [-0.25, -0.2) is 22.9 Å². The average molecular weight is 513 g/mol. The zero-order chi connectivity index (χ0) is 25.9. The highest BCUT2D eigenvalue weighted by molar-refractivity contribution is 7.89. The molecule has 0 spiro atoms. The molecular formula is C24H24N4O7S. The Morgan fingerprint density at radius 2 is 1.64 bits per heavy atom. The van der Waals surface area contributed by atoms with Crippen LogP contribution in [0, 0.1) is 0 Å². The summed E-state index contributed by atoms with van der Waals surface area (Å²) in [5.74, 6) is -1.18. The smallest absolute Gasteiger partial charge is 0.334 e. The van der Waals surface area contributed by atoms with Gasteiger partial charge in [0.15, 0.2) is 5.76 Å². The molecule has 0 unspecified atom stereocenters. The number of hydroxylamine groups is 2. The number of nitrogens with zero attached hydrogens (tertiary/aromatic N) is 3. The van der Waals surface area contributed by atoms with Crippen LogP contribution in [0.3, 0.4) is 0 Å². The Balaban J connectivity index is 1.35. The van der Waals surface area contributed by atoms with Crippen LogP contribution in [0.25, 0.3) is 22.8 Å². The fourth-order valence-electron chi connectivity index (χ4n) is 3.42. The van der Waals surface area contributed by atoms with E-state index in [4.69, 9.17) is 9.25 Å². The predicted octanol–water partition coefficient (Wildman–Crippen LogP) is 2.35. The summed E-state index contributed by atoms with van der Waals surface area (Å²) in [4.78, 5) is 45.8. The third kappa shape index (κ3) is 5.61. The van der Waals surface area contributed by atoms with Crippen molar-refractivity contribution >= 4 is 33.5 Å². The number of hydrogen-bond donors (Lipinski definition) is 1. The van der Waals surface area contributed by atoms with Crippen LogP contribution in [0.4, 0.5) is 5.69 Å². The number of nitrogens with one attached hydrogen (secondary N) is 1. The molecule has 0 aliphatic carbocycles. The molecule has 1 aromatic heterocycles. The summed E-state index contributed by atoms with van der Waals surface area (Å²) >= 11 is 0. The number of oxazole rings is 1. The molecule has 11 nitrogen and oxygen atoms in total. The second kappa shape index (κ2) is 10.3. The maximum atomic E-state index is 12.6. The number of aromatic nitrogens is 1. The lowest BCUT2D eigenvalue weighted by atomic mass is 10.1. The highest BCUT2D eigenvalue weighted by Crippen LogP contribution is 2.28. The second-order valence-corrected chi connectivity index (χ2v) is 9.96. The molecule has 1 aliphatic heterocycles. The Kier molecular flexibility index (Phi) is 7.17. The van der Waals surface area contributed by atoms with E-state index in [0.717, 1.165) is 11.3 Å². The molecule has 2 heterocycles. The number of sulfonamides is 1. The molecule has 1 N–H and O–H groups in total. The van der Waals surface area contributed by atoms with Crippen LogP contribution in [0.1, 0.15) is 19.3 Å². The highest BCUT2D eigenvalue weighted by Gasteiger charge is 2.32. The minimum absolute atomic E-state index is 0.0180. The molecule has 0 saturated carbocycles. The van der Waals surface area contributed by atoms with Gasteiger partial charge < -0.3 is 14.2 Å². The number of hydrogen-bond acceptors (Lipinski definition) is 9. The summed E-state index contributed by atoms with van der Waals surface area (Å²) in [5, 5.41) is 0.419. The first kappa shape index (κ1) is 25.1. The van der Waals surface area contributed by atoms with Gasteiger partial charge in [0, 0.05) is 50.3 Å². The van der Waals surface area contributed by atoms with Crippen molar-refractivity contribution in [3.63, 3.8) is 0 Å². The first-order valence-electron chi connectivity index (χ1n) is 11.0. The van der Waals surface area contributed by atoms with Gasteiger partial charge in [-0.15, -0.1) is 5.06 Å². The van der Waals surface area contributed by atoms with Crippen molar-refractivity contribution in [3.05, 3.63) is 54.7 Å². The largest absolute Gasteiger partial charge is 0.436 e. The Hall–Kier alpha value is -4.03. The summed E-state index contributed by atoms with van der Waals surface area (Å²) in [6.07, 6.45) is 1.21. The van der Waals surface area contributed by atoms with Crippen LogP contribution in [0.2, 0.25) is 0 Å². The Labute approximate surface area is 207 Å². The van der Waals surface area contributed by atoms with E-state index >= 15 is 0 Å². The van der Waals surface area contributed by atoms with Gasteiger partial charge in [-0.1, -0.05) is 0 Å². The topological polar surface area (TPSA) is 139 Å². The van der Waals surface area contributed by atoms with Gasteiger partial charge in [0.1, 0.15) is 0 Å². The fraction of sp³-hybridized carbons (Fsp3) is 0.250. The molecule has 3 aromatic rings. The number of benzene rings is 2. The Morgan fingerprint density at radius 1 is 1.03 bits per heavy atom. The lowest BCUT2D eigenvalue weighted by molar-refractivity contribution is -0.197. The average Bonchev–Trinajstić information content (AvgIpc) is 3.47. The normalized spacial score (nSPS) is 13.8. The summed E-state index contributed by atoms with van der Waals surface area (Å²) < 4.78 is 33.2. The van der Waals surface area contributed by atoms with E-state index in [1.807, 2.05) is 43.3 Å². The third-order valence-electron chi connectivity index (χ3n) is 5.41. The van der Waals surface area contributed by atoms with E-state index in [2.05, 4.69) is 9.71 Å². The minimum Gasteiger partial charge on any atom is -0.436 e. The summed E-state index contributed by atoms with van der Waals surface area (Å²) in [5.41, 5.74) is 2.51. The number of carbonyl (C=O) groups is 3. The Morgan fingerprint density at radius 3 is 2.25 bits per heavy atom. The molecule has 12 heteroatoms. The van der Waals surface area contributed by atoms with Gasteiger partial charge in [0.05, 0.1) is 17.5 Å². The second-order valence-electron chi connectivity index (χ2n) is 8.19. The SMILES string of the molecule is CN(C)c1ccc(-c2cnc(-c3ccc(S(=O)(=O)NCCC(=O)ON4C(=O)CCC4=O)cc3)o2)cc1. The van der Waals surface area contributed by atoms with Crippen molar-refractivity contribution < 1.29 is 32.1 Å². The van der Waals surface area contributed by atoms with Crippen LogP contribution >= 0.6 is 0 Å². The molecule has 188 valence electrons. The standard InChI is InChI=1S/C24H24N4O7S/c1-27(2)18-7-3-16(4-8-18)20-15-25-24(34-20)17-5-9-19(10-6-17)36(32,33)26-14-13-23(31)35-28-21(29)11-12-22(28)30/h3-10,15,26H,11-14H2,1-2H3. The van der Waals surface area contributed by atoms with E-state index in [1.54, 1.807) is 18.3 Å². The van der Waals surface area contributed by atoms with Crippen LogP contribution < -0.4 is 9.62 Å². The van der Waals surface area contributed by atoms with Gasteiger partial charge in [0.2, 0.25) is 15.9 Å². The van der Waals surface area contributed by atoms with Crippen molar-refractivity contribution in [2.45, 2.75) is 24.2 Å². The quantitative estimate of drug-likeness (QED) is 0.428. The molecule has 2 aromatic carbocycles. The van der Waals surface area contributed by atoms with Gasteiger partial charge in [-0.2, -0.15) is 0 Å². The summed E-state index contributed by atoms with van der Waals surface area (Å²) in [6, 6.07) is 13.7. The highest BCUT2D eigenvalue weighted by atomic mass is 32.2. The lowest BCUT2D eigenvalue weighted by Gasteiger charge is -2.12. The van der Waals surface area contributed by atoms with Crippen molar-refractivity contribution in [1.82, 2.24) is 14.8 Å². The zero-order valence-electron chi connectivity index (χ0n) is 19.6. The number of amides is 2. The van der Waals surface area contributed by atoms with E-state index in [-0.39, 0.29) is 30.7 Å². The van der Waals surface area contributed by atoms with Crippen molar-refractivity contribution in [1.29, 1.82) is 0 Å². The number of imide groups is 1. The molecule has 1 saturated heterocycles. The minimum atomic E-state index is -3.91. The molecule has 4 rings (SSSR count). The Bertz CT molecular complexity index is 1360. The van der Waals surface area contributed by atoms with E-state index < -0.39 is 27.8 Å². The summed E-state index contributed by atoms with van der Waals surface area (Å²) in [7, 11) is -0.00244. The van der Waals surface area contributed by atoms with E-state index in [1.165, 1.54) is 12.1 Å². The molecule has 0 radical (unpaired) electrons. The zero-order valence-corrected chi connectivity index (χ0v) is 20.4. The predicted molar refractivity (Wildman–Crippen MR) is 129 cm³/mol. The molecule has 1 fully saturated rings. The molecule has 0 atom stereocenters. The first-order valence-corrected chi connectivity index (χ1v) is 12.5.